The molecular weight excluding hydrogens is 220 g/mol. The van der Waals surface area contributed by atoms with Crippen LogP contribution in [0.25, 0.3) is 0 Å². The number of ether oxygens (including phenoxy) is 2. The molecule has 1 saturated heterocycles. The summed E-state index contributed by atoms with van der Waals surface area (Å²) in [7, 11) is 0. The molecule has 2 heterocycles. The molecule has 2 aliphatic heterocycles. The predicted octanol–water partition coefficient (Wildman–Crippen LogP) is 1.10. The SMILES string of the molecule is CC12CCC3C(C1)C(=C([O-])OC3(C)C)C(=O)O2. The van der Waals surface area contributed by atoms with Crippen LogP contribution >= 0.6 is 0 Å². The number of hydrogen-bond donors (Lipinski definition) is 0. The van der Waals surface area contributed by atoms with Crippen LogP contribution in [-0.2, 0) is 14.3 Å². The van der Waals surface area contributed by atoms with Gasteiger partial charge in [-0.15, -0.1) is 0 Å². The van der Waals surface area contributed by atoms with Gasteiger partial charge in [-0.25, -0.2) is 4.79 Å². The van der Waals surface area contributed by atoms with Gasteiger partial charge in [-0.2, -0.15) is 0 Å². The van der Waals surface area contributed by atoms with E-state index in [1.54, 1.807) is 0 Å². The molecule has 2 bridgehead atoms. The third-order valence-corrected chi connectivity index (χ3v) is 4.52. The van der Waals surface area contributed by atoms with E-state index in [0.717, 1.165) is 19.3 Å². The quantitative estimate of drug-likeness (QED) is 0.592. The van der Waals surface area contributed by atoms with E-state index in [1.165, 1.54) is 0 Å². The van der Waals surface area contributed by atoms with E-state index in [2.05, 4.69) is 0 Å². The van der Waals surface area contributed by atoms with Crippen molar-refractivity contribution in [2.75, 3.05) is 0 Å². The van der Waals surface area contributed by atoms with Crippen LogP contribution in [0.4, 0.5) is 0 Å². The Kier molecular flexibility index (Phi) is 1.91. The largest absolute Gasteiger partial charge is 0.607 e. The summed E-state index contributed by atoms with van der Waals surface area (Å²) in [5.74, 6) is -0.679. The Hall–Kier alpha value is -1.19. The van der Waals surface area contributed by atoms with E-state index in [0.29, 0.717) is 0 Å². The maximum absolute atomic E-state index is 11.9. The lowest BCUT2D eigenvalue weighted by Gasteiger charge is -2.57. The first-order valence-electron chi connectivity index (χ1n) is 6.16. The summed E-state index contributed by atoms with van der Waals surface area (Å²) in [5, 5.41) is 11.9. The second-order valence-corrected chi connectivity index (χ2v) is 6.20. The Morgan fingerprint density at radius 3 is 2.71 bits per heavy atom. The molecule has 4 heteroatoms. The van der Waals surface area contributed by atoms with E-state index >= 15 is 0 Å². The van der Waals surface area contributed by atoms with E-state index in [-0.39, 0.29) is 23.0 Å². The van der Waals surface area contributed by atoms with Crippen molar-refractivity contribution < 1.29 is 19.4 Å². The van der Waals surface area contributed by atoms with Gasteiger partial charge in [-0.3, -0.25) is 0 Å². The molecule has 0 amide bonds. The molecule has 17 heavy (non-hydrogen) atoms. The Bertz CT molecular complexity index is 423. The Morgan fingerprint density at radius 1 is 1.29 bits per heavy atom. The monoisotopic (exact) mass is 237 g/mol. The number of esters is 1. The van der Waals surface area contributed by atoms with Gasteiger partial charge in [0, 0.05) is 11.5 Å². The third-order valence-electron chi connectivity index (χ3n) is 4.52. The van der Waals surface area contributed by atoms with Crippen molar-refractivity contribution in [3.8, 4) is 0 Å². The first-order chi connectivity index (χ1) is 7.82. The zero-order valence-electron chi connectivity index (χ0n) is 10.4. The van der Waals surface area contributed by atoms with Crippen molar-refractivity contribution in [3.63, 3.8) is 0 Å². The summed E-state index contributed by atoms with van der Waals surface area (Å²) in [6.45, 7) is 5.84. The molecule has 0 aromatic carbocycles. The fraction of sp³-hybridized carbons (Fsp3) is 0.769. The van der Waals surface area contributed by atoms with Crippen LogP contribution in [0.2, 0.25) is 0 Å². The van der Waals surface area contributed by atoms with Crippen molar-refractivity contribution in [2.45, 2.75) is 51.2 Å². The molecule has 0 spiro atoms. The van der Waals surface area contributed by atoms with Gasteiger partial charge in [0.1, 0.15) is 5.60 Å². The van der Waals surface area contributed by atoms with E-state index in [9.17, 15) is 9.90 Å². The van der Waals surface area contributed by atoms with Crippen molar-refractivity contribution in [3.05, 3.63) is 11.5 Å². The highest BCUT2D eigenvalue weighted by atomic mass is 16.6. The van der Waals surface area contributed by atoms with Crippen molar-refractivity contribution in [1.82, 2.24) is 0 Å². The minimum Gasteiger partial charge on any atom is -0.607 e. The van der Waals surface area contributed by atoms with Crippen LogP contribution in [0.5, 0.6) is 0 Å². The summed E-state index contributed by atoms with van der Waals surface area (Å²) in [6, 6.07) is 0. The van der Waals surface area contributed by atoms with E-state index in [1.807, 2.05) is 20.8 Å². The second-order valence-electron chi connectivity index (χ2n) is 6.20. The number of fused-ring (bicyclic) bond motifs is 1. The van der Waals surface area contributed by atoms with Crippen LogP contribution in [0.15, 0.2) is 11.5 Å². The van der Waals surface area contributed by atoms with Gasteiger partial charge in [-0.05, 0) is 32.1 Å². The first-order valence-corrected chi connectivity index (χ1v) is 6.16. The molecule has 0 N–H and O–H groups in total. The van der Waals surface area contributed by atoms with Gasteiger partial charge in [-0.1, -0.05) is 13.8 Å². The average Bonchev–Trinajstić information content (AvgIpc) is 2.12. The molecule has 94 valence electrons. The molecule has 3 atom stereocenters. The fourth-order valence-corrected chi connectivity index (χ4v) is 3.63. The van der Waals surface area contributed by atoms with Crippen LogP contribution in [0, 0.1) is 11.8 Å². The lowest BCUT2D eigenvalue weighted by molar-refractivity contribution is -0.384. The van der Waals surface area contributed by atoms with Crippen LogP contribution in [0.3, 0.4) is 0 Å². The van der Waals surface area contributed by atoms with E-state index in [4.69, 9.17) is 9.47 Å². The summed E-state index contributed by atoms with van der Waals surface area (Å²) in [6.07, 6.45) is 2.56. The number of carbonyl (C=O) groups is 1. The molecule has 3 aliphatic rings. The lowest BCUT2D eigenvalue weighted by atomic mass is 9.62. The maximum atomic E-state index is 11.9. The highest BCUT2D eigenvalue weighted by Gasteiger charge is 2.53. The first kappa shape index (κ1) is 10.9. The fourth-order valence-electron chi connectivity index (χ4n) is 3.63. The molecule has 0 aromatic heterocycles. The van der Waals surface area contributed by atoms with Crippen LogP contribution < -0.4 is 5.11 Å². The summed E-state index contributed by atoms with van der Waals surface area (Å²) in [4.78, 5) is 11.9. The van der Waals surface area contributed by atoms with Gasteiger partial charge >= 0.3 is 5.97 Å². The molecule has 0 aromatic rings. The molecule has 0 radical (unpaired) electrons. The lowest BCUT2D eigenvalue weighted by Crippen LogP contribution is -2.56. The van der Waals surface area contributed by atoms with Gasteiger partial charge in [0.05, 0.1) is 11.5 Å². The van der Waals surface area contributed by atoms with Crippen LogP contribution in [0.1, 0.15) is 40.0 Å². The van der Waals surface area contributed by atoms with Gasteiger partial charge < -0.3 is 14.6 Å². The van der Waals surface area contributed by atoms with Crippen molar-refractivity contribution in [2.24, 2.45) is 11.8 Å². The summed E-state index contributed by atoms with van der Waals surface area (Å²) < 4.78 is 10.8. The maximum Gasteiger partial charge on any atom is 0.336 e. The molecule has 3 unspecified atom stereocenters. The van der Waals surface area contributed by atoms with Gasteiger partial charge in [0.2, 0.25) is 0 Å². The summed E-state index contributed by atoms with van der Waals surface area (Å²) >= 11 is 0. The zero-order valence-corrected chi connectivity index (χ0v) is 10.4. The molecular formula is C13H17O4-. The van der Waals surface area contributed by atoms with Crippen molar-refractivity contribution in [1.29, 1.82) is 0 Å². The minimum atomic E-state index is -0.481. The number of hydrogen-bond acceptors (Lipinski definition) is 4. The highest BCUT2D eigenvalue weighted by Crippen LogP contribution is 2.53. The normalized spacial score (nSPS) is 42.9. The molecule has 4 nitrogen and oxygen atoms in total. The van der Waals surface area contributed by atoms with Crippen molar-refractivity contribution >= 4 is 5.97 Å². The second kappa shape index (κ2) is 2.98. The predicted molar refractivity (Wildman–Crippen MR) is 57.5 cm³/mol. The Labute approximate surface area is 101 Å². The summed E-state index contributed by atoms with van der Waals surface area (Å²) in [5.41, 5.74) is -0.605. The van der Waals surface area contributed by atoms with Gasteiger partial charge in [0.25, 0.3) is 0 Å². The van der Waals surface area contributed by atoms with Crippen LogP contribution in [-0.4, -0.2) is 17.2 Å². The minimum absolute atomic E-state index is 0.0197. The smallest absolute Gasteiger partial charge is 0.336 e. The molecule has 1 aliphatic carbocycles. The molecule has 3 rings (SSSR count). The molecule has 1 saturated carbocycles. The zero-order chi connectivity index (χ0) is 12.4. The average molecular weight is 237 g/mol. The molecule has 2 fully saturated rings. The topological polar surface area (TPSA) is 58.6 Å². The third kappa shape index (κ3) is 1.39. The highest BCUT2D eigenvalue weighted by molar-refractivity contribution is 5.90. The number of carbonyl (C=O) groups excluding carboxylic acids is 1. The van der Waals surface area contributed by atoms with E-state index < -0.39 is 17.5 Å². The number of rotatable bonds is 0. The van der Waals surface area contributed by atoms with Gasteiger partial charge in [0.15, 0.2) is 0 Å². The Morgan fingerprint density at radius 2 is 2.00 bits per heavy atom. The standard InChI is InChI=1S/C13H18O4/c1-12(2)8-4-5-13(3)6-7(8)9(10(14)16-12)11(15)17-13/h7-8,14H,4-6H2,1-3H3/p-1. The Balaban J connectivity index is 2.11.